The van der Waals surface area contributed by atoms with E-state index >= 15 is 0 Å². The Labute approximate surface area is 133 Å². The fourth-order valence-corrected chi connectivity index (χ4v) is 3.14. The zero-order chi connectivity index (χ0) is 15.4. The molecule has 2 heterocycles. The molecule has 120 valence electrons. The van der Waals surface area contributed by atoms with Crippen LogP contribution < -0.4 is 14.8 Å². The van der Waals surface area contributed by atoms with Crippen molar-refractivity contribution in [1.29, 1.82) is 0 Å². The molecule has 4 nitrogen and oxygen atoms in total. The van der Waals surface area contributed by atoms with Gasteiger partial charge in [0.15, 0.2) is 11.5 Å². The Morgan fingerprint density at radius 3 is 2.68 bits per heavy atom. The number of benzene rings is 1. The lowest BCUT2D eigenvalue weighted by molar-refractivity contribution is 0.171. The van der Waals surface area contributed by atoms with Crippen molar-refractivity contribution in [1.82, 2.24) is 10.2 Å². The highest BCUT2D eigenvalue weighted by atomic mass is 16.6. The van der Waals surface area contributed by atoms with Crippen LogP contribution in [0.1, 0.15) is 25.3 Å². The van der Waals surface area contributed by atoms with Gasteiger partial charge in [-0.3, -0.25) is 4.90 Å². The zero-order valence-corrected chi connectivity index (χ0v) is 13.4. The molecule has 1 aromatic rings. The van der Waals surface area contributed by atoms with Crippen molar-refractivity contribution in [3.63, 3.8) is 0 Å². The topological polar surface area (TPSA) is 33.7 Å². The molecular formula is C18H26N2O2. The van der Waals surface area contributed by atoms with E-state index in [9.17, 15) is 0 Å². The van der Waals surface area contributed by atoms with Crippen LogP contribution in [-0.2, 0) is 6.54 Å². The molecule has 1 N–H and O–H groups in total. The van der Waals surface area contributed by atoms with E-state index in [1.807, 2.05) is 6.07 Å². The SMILES string of the molecule is C=C(C)CN1CCC(NCc2ccc3c(c2)OCCO3)CC1. The molecule has 0 spiro atoms. The highest BCUT2D eigenvalue weighted by Crippen LogP contribution is 2.30. The van der Waals surface area contributed by atoms with Crippen molar-refractivity contribution < 1.29 is 9.47 Å². The number of piperidine rings is 1. The lowest BCUT2D eigenvalue weighted by atomic mass is 10.0. The smallest absolute Gasteiger partial charge is 0.161 e. The van der Waals surface area contributed by atoms with E-state index < -0.39 is 0 Å². The lowest BCUT2D eigenvalue weighted by Crippen LogP contribution is -2.42. The molecule has 0 unspecified atom stereocenters. The van der Waals surface area contributed by atoms with Gasteiger partial charge in [-0.2, -0.15) is 0 Å². The Hall–Kier alpha value is -1.52. The van der Waals surface area contributed by atoms with Crippen molar-refractivity contribution in [3.05, 3.63) is 35.9 Å². The second kappa shape index (κ2) is 7.16. The third-order valence-electron chi connectivity index (χ3n) is 4.28. The molecule has 22 heavy (non-hydrogen) atoms. The van der Waals surface area contributed by atoms with Gasteiger partial charge in [0.1, 0.15) is 13.2 Å². The molecule has 0 aromatic heterocycles. The highest BCUT2D eigenvalue weighted by Gasteiger charge is 2.19. The van der Waals surface area contributed by atoms with Gasteiger partial charge < -0.3 is 14.8 Å². The van der Waals surface area contributed by atoms with E-state index in [0.717, 1.165) is 37.7 Å². The molecule has 1 aromatic carbocycles. The summed E-state index contributed by atoms with van der Waals surface area (Å²) < 4.78 is 11.2. The molecule has 1 saturated heterocycles. The van der Waals surface area contributed by atoms with E-state index in [1.165, 1.54) is 24.0 Å². The third kappa shape index (κ3) is 4.02. The van der Waals surface area contributed by atoms with Gasteiger partial charge >= 0.3 is 0 Å². The lowest BCUT2D eigenvalue weighted by Gasteiger charge is -2.32. The monoisotopic (exact) mass is 302 g/mol. The first kappa shape index (κ1) is 15.4. The summed E-state index contributed by atoms with van der Waals surface area (Å²) in [7, 11) is 0. The molecule has 2 aliphatic heterocycles. The van der Waals surface area contributed by atoms with Gasteiger partial charge in [0.2, 0.25) is 0 Å². The van der Waals surface area contributed by atoms with Crippen LogP contribution in [0.2, 0.25) is 0 Å². The van der Waals surface area contributed by atoms with Gasteiger partial charge in [-0.25, -0.2) is 0 Å². The van der Waals surface area contributed by atoms with Crippen LogP contribution in [0.15, 0.2) is 30.4 Å². The number of ether oxygens (including phenoxy) is 2. The largest absolute Gasteiger partial charge is 0.486 e. The molecule has 0 saturated carbocycles. The number of hydrogen-bond donors (Lipinski definition) is 1. The minimum Gasteiger partial charge on any atom is -0.486 e. The summed E-state index contributed by atoms with van der Waals surface area (Å²) in [4.78, 5) is 2.49. The number of fused-ring (bicyclic) bond motifs is 1. The molecule has 0 bridgehead atoms. The van der Waals surface area contributed by atoms with Crippen molar-refractivity contribution >= 4 is 0 Å². The van der Waals surface area contributed by atoms with Crippen LogP contribution in [0.25, 0.3) is 0 Å². The first-order chi connectivity index (χ1) is 10.7. The molecule has 4 heteroatoms. The van der Waals surface area contributed by atoms with Crippen molar-refractivity contribution in [3.8, 4) is 11.5 Å². The molecular weight excluding hydrogens is 276 g/mol. The summed E-state index contributed by atoms with van der Waals surface area (Å²) in [5.74, 6) is 1.74. The van der Waals surface area contributed by atoms with E-state index in [4.69, 9.17) is 9.47 Å². The Balaban J connectivity index is 1.46. The summed E-state index contributed by atoms with van der Waals surface area (Å²) in [5, 5.41) is 3.67. The Morgan fingerprint density at radius 2 is 1.95 bits per heavy atom. The standard InChI is InChI=1S/C18H26N2O2/c1-14(2)13-20-7-5-16(6-8-20)19-12-15-3-4-17-18(11-15)22-10-9-21-17/h3-4,11,16,19H,1,5-10,12-13H2,2H3. The highest BCUT2D eigenvalue weighted by molar-refractivity contribution is 5.43. The fraction of sp³-hybridized carbons (Fsp3) is 0.556. The van der Waals surface area contributed by atoms with Gasteiger partial charge in [-0.15, -0.1) is 0 Å². The van der Waals surface area contributed by atoms with Crippen LogP contribution in [-0.4, -0.2) is 43.8 Å². The second-order valence-electron chi connectivity index (χ2n) is 6.37. The van der Waals surface area contributed by atoms with Crippen LogP contribution in [0.5, 0.6) is 11.5 Å². The third-order valence-corrected chi connectivity index (χ3v) is 4.28. The molecule has 2 aliphatic rings. The predicted octanol–water partition coefficient (Wildman–Crippen LogP) is 2.59. The van der Waals surface area contributed by atoms with Gasteiger partial charge in [-0.1, -0.05) is 18.2 Å². The maximum absolute atomic E-state index is 5.64. The summed E-state index contributed by atoms with van der Waals surface area (Å²) in [6.45, 7) is 11.6. The molecule has 0 radical (unpaired) electrons. The molecule has 0 atom stereocenters. The molecule has 1 fully saturated rings. The number of hydrogen-bond acceptors (Lipinski definition) is 4. The maximum atomic E-state index is 5.64. The maximum Gasteiger partial charge on any atom is 0.161 e. The van der Waals surface area contributed by atoms with E-state index in [2.05, 4.69) is 35.9 Å². The van der Waals surface area contributed by atoms with Gasteiger partial charge in [-0.05, 0) is 50.6 Å². The quantitative estimate of drug-likeness (QED) is 0.848. The van der Waals surface area contributed by atoms with Crippen LogP contribution in [0.4, 0.5) is 0 Å². The van der Waals surface area contributed by atoms with E-state index in [-0.39, 0.29) is 0 Å². The normalized spacial score (nSPS) is 19.1. The van der Waals surface area contributed by atoms with Gasteiger partial charge in [0.05, 0.1) is 0 Å². The van der Waals surface area contributed by atoms with E-state index in [1.54, 1.807) is 0 Å². The summed E-state index contributed by atoms with van der Waals surface area (Å²) in [6.07, 6.45) is 2.41. The Morgan fingerprint density at radius 1 is 1.23 bits per heavy atom. The number of rotatable bonds is 5. The fourth-order valence-electron chi connectivity index (χ4n) is 3.14. The average Bonchev–Trinajstić information content (AvgIpc) is 2.53. The van der Waals surface area contributed by atoms with Crippen molar-refractivity contribution in [2.45, 2.75) is 32.4 Å². The van der Waals surface area contributed by atoms with Gasteiger partial charge in [0.25, 0.3) is 0 Å². The van der Waals surface area contributed by atoms with Crippen LogP contribution in [0.3, 0.4) is 0 Å². The molecule has 0 aliphatic carbocycles. The zero-order valence-electron chi connectivity index (χ0n) is 13.4. The first-order valence-corrected chi connectivity index (χ1v) is 8.19. The van der Waals surface area contributed by atoms with Crippen LogP contribution >= 0.6 is 0 Å². The van der Waals surface area contributed by atoms with Gasteiger partial charge in [0, 0.05) is 19.1 Å². The minimum atomic E-state index is 0.606. The molecule has 3 rings (SSSR count). The minimum absolute atomic E-state index is 0.606. The second-order valence-corrected chi connectivity index (χ2v) is 6.37. The Bertz CT molecular complexity index is 522. The summed E-state index contributed by atoms with van der Waals surface area (Å²) in [5.41, 5.74) is 2.51. The number of nitrogens with zero attached hydrogens (tertiary/aromatic N) is 1. The van der Waals surface area contributed by atoms with Crippen molar-refractivity contribution in [2.24, 2.45) is 0 Å². The van der Waals surface area contributed by atoms with Crippen LogP contribution in [0, 0.1) is 0 Å². The number of likely N-dealkylation sites (tertiary alicyclic amines) is 1. The first-order valence-electron chi connectivity index (χ1n) is 8.19. The number of nitrogens with one attached hydrogen (secondary N) is 1. The average molecular weight is 302 g/mol. The van der Waals surface area contributed by atoms with E-state index in [0.29, 0.717) is 19.3 Å². The predicted molar refractivity (Wildman–Crippen MR) is 88.5 cm³/mol. The molecule has 0 amide bonds. The summed E-state index contributed by atoms with van der Waals surface area (Å²) >= 11 is 0. The summed E-state index contributed by atoms with van der Waals surface area (Å²) in [6, 6.07) is 6.84. The van der Waals surface area contributed by atoms with Crippen molar-refractivity contribution in [2.75, 3.05) is 32.8 Å². The Kier molecular flexibility index (Phi) is 5.01.